The Balaban J connectivity index is 1.92. The Morgan fingerprint density at radius 3 is 2.80 bits per heavy atom. The predicted molar refractivity (Wildman–Crippen MR) is 84.0 cm³/mol. The Kier molecular flexibility index (Phi) is 3.59. The molecule has 1 atom stereocenters. The van der Waals surface area contributed by atoms with Crippen LogP contribution in [0.4, 0.5) is 0 Å². The molecule has 0 amide bonds. The normalized spacial score (nSPS) is 14.5. The van der Waals surface area contributed by atoms with Crippen LogP contribution < -0.4 is 5.73 Å². The number of nitrogens with zero attached hydrogens (tertiary/aromatic N) is 2. The van der Waals surface area contributed by atoms with Crippen LogP contribution in [0.15, 0.2) is 48.1 Å². The summed E-state index contributed by atoms with van der Waals surface area (Å²) in [6.45, 7) is 2.18. The van der Waals surface area contributed by atoms with Gasteiger partial charge in [-0.25, -0.2) is 4.98 Å². The molecule has 0 radical (unpaired) electrons. The summed E-state index contributed by atoms with van der Waals surface area (Å²) < 4.78 is 2.07. The van der Waals surface area contributed by atoms with E-state index in [0.29, 0.717) is 0 Å². The van der Waals surface area contributed by atoms with Gasteiger partial charge < -0.3 is 5.73 Å². The fraction of sp³-hybridized carbons (Fsp3) is 0.312. The molecule has 0 aliphatic heterocycles. The van der Waals surface area contributed by atoms with Gasteiger partial charge in [0.15, 0.2) is 4.96 Å². The monoisotopic (exact) mass is 285 g/mol. The second-order valence-electron chi connectivity index (χ2n) is 5.27. The molecule has 2 aromatic heterocycles. The summed E-state index contributed by atoms with van der Waals surface area (Å²) in [5.74, 6) is 0. The van der Waals surface area contributed by atoms with E-state index in [1.807, 2.05) is 17.6 Å². The van der Waals surface area contributed by atoms with E-state index in [1.165, 1.54) is 5.56 Å². The Bertz CT molecular complexity index is 657. The first-order chi connectivity index (χ1) is 9.71. The summed E-state index contributed by atoms with van der Waals surface area (Å²) in [4.78, 5) is 5.70. The largest absolute Gasteiger partial charge is 0.321 e. The number of thiazole rings is 1. The summed E-state index contributed by atoms with van der Waals surface area (Å²) >= 11 is 1.65. The first-order valence-electron chi connectivity index (χ1n) is 6.97. The summed E-state index contributed by atoms with van der Waals surface area (Å²) in [5.41, 5.74) is 8.63. The lowest BCUT2D eigenvalue weighted by Gasteiger charge is -2.29. The zero-order chi connectivity index (χ0) is 14.0. The quantitative estimate of drug-likeness (QED) is 0.778. The van der Waals surface area contributed by atoms with Gasteiger partial charge >= 0.3 is 0 Å². The Labute approximate surface area is 123 Å². The van der Waals surface area contributed by atoms with Gasteiger partial charge in [-0.2, -0.15) is 0 Å². The maximum atomic E-state index is 6.71. The van der Waals surface area contributed by atoms with Crippen LogP contribution in [-0.4, -0.2) is 9.38 Å². The molecule has 3 aromatic rings. The van der Waals surface area contributed by atoms with E-state index in [2.05, 4.69) is 46.8 Å². The number of rotatable bonds is 5. The minimum atomic E-state index is -0.333. The van der Waals surface area contributed by atoms with Gasteiger partial charge in [0.2, 0.25) is 0 Å². The Morgan fingerprint density at radius 2 is 2.10 bits per heavy atom. The fourth-order valence-electron chi connectivity index (χ4n) is 2.74. The molecular weight excluding hydrogens is 266 g/mol. The highest BCUT2D eigenvalue weighted by molar-refractivity contribution is 7.15. The van der Waals surface area contributed by atoms with Gasteiger partial charge in [-0.3, -0.25) is 4.40 Å². The summed E-state index contributed by atoms with van der Waals surface area (Å²) in [5, 5.41) is 2.05. The molecule has 0 fully saturated rings. The highest BCUT2D eigenvalue weighted by Crippen LogP contribution is 2.28. The minimum absolute atomic E-state index is 0.333. The second kappa shape index (κ2) is 5.38. The molecule has 0 bridgehead atoms. The number of benzene rings is 1. The molecule has 3 rings (SSSR count). The standard InChI is InChI=1S/C16H19N3S/c1-2-8-16(17,13-6-4-3-5-7-13)11-14-12-19-9-10-20-15(19)18-14/h3-7,9-10,12H,2,8,11,17H2,1H3. The topological polar surface area (TPSA) is 43.3 Å². The molecule has 2 heterocycles. The second-order valence-corrected chi connectivity index (χ2v) is 6.15. The van der Waals surface area contributed by atoms with Crippen molar-refractivity contribution in [2.24, 2.45) is 5.73 Å². The van der Waals surface area contributed by atoms with Gasteiger partial charge in [0.05, 0.1) is 5.69 Å². The van der Waals surface area contributed by atoms with Crippen molar-refractivity contribution in [3.05, 3.63) is 59.4 Å². The van der Waals surface area contributed by atoms with Crippen LogP contribution in [0.1, 0.15) is 31.0 Å². The van der Waals surface area contributed by atoms with Crippen molar-refractivity contribution < 1.29 is 0 Å². The molecule has 0 spiro atoms. The summed E-state index contributed by atoms with van der Waals surface area (Å²) in [7, 11) is 0. The van der Waals surface area contributed by atoms with E-state index in [4.69, 9.17) is 5.73 Å². The number of imidazole rings is 1. The average molecular weight is 285 g/mol. The maximum absolute atomic E-state index is 6.71. The molecular formula is C16H19N3S. The fourth-order valence-corrected chi connectivity index (χ4v) is 3.45. The smallest absolute Gasteiger partial charge is 0.193 e. The first-order valence-corrected chi connectivity index (χ1v) is 7.85. The zero-order valence-corrected chi connectivity index (χ0v) is 12.4. The number of fused-ring (bicyclic) bond motifs is 1. The average Bonchev–Trinajstić information content (AvgIpc) is 3.01. The van der Waals surface area contributed by atoms with E-state index in [-0.39, 0.29) is 5.54 Å². The SMILES string of the molecule is CCCC(N)(Cc1cn2ccsc2n1)c1ccccc1. The van der Waals surface area contributed by atoms with Crippen molar-refractivity contribution in [3.8, 4) is 0 Å². The highest BCUT2D eigenvalue weighted by atomic mass is 32.1. The number of nitrogens with two attached hydrogens (primary N) is 1. The van der Waals surface area contributed by atoms with Gasteiger partial charge in [-0.15, -0.1) is 11.3 Å². The van der Waals surface area contributed by atoms with Crippen LogP contribution in [0.3, 0.4) is 0 Å². The van der Waals surface area contributed by atoms with Crippen LogP contribution in [0, 0.1) is 0 Å². The van der Waals surface area contributed by atoms with Crippen molar-refractivity contribution in [2.45, 2.75) is 31.7 Å². The number of hydrogen-bond acceptors (Lipinski definition) is 3. The van der Waals surface area contributed by atoms with E-state index in [1.54, 1.807) is 11.3 Å². The molecule has 0 aliphatic carbocycles. The van der Waals surface area contributed by atoms with E-state index >= 15 is 0 Å². The van der Waals surface area contributed by atoms with Gasteiger partial charge in [0, 0.05) is 29.7 Å². The molecule has 20 heavy (non-hydrogen) atoms. The maximum Gasteiger partial charge on any atom is 0.193 e. The van der Waals surface area contributed by atoms with E-state index < -0.39 is 0 Å². The molecule has 104 valence electrons. The lowest BCUT2D eigenvalue weighted by atomic mass is 9.83. The molecule has 4 heteroatoms. The van der Waals surface area contributed by atoms with Gasteiger partial charge in [0.1, 0.15) is 0 Å². The van der Waals surface area contributed by atoms with Crippen LogP contribution in [0.2, 0.25) is 0 Å². The van der Waals surface area contributed by atoms with E-state index in [0.717, 1.165) is 29.9 Å². The third kappa shape index (κ3) is 2.49. The molecule has 1 unspecified atom stereocenters. The third-order valence-electron chi connectivity index (χ3n) is 3.68. The Hall–Kier alpha value is -1.65. The van der Waals surface area contributed by atoms with Crippen molar-refractivity contribution >= 4 is 16.3 Å². The molecule has 0 aliphatic rings. The number of aromatic nitrogens is 2. The van der Waals surface area contributed by atoms with Crippen molar-refractivity contribution in [1.29, 1.82) is 0 Å². The van der Waals surface area contributed by atoms with Gasteiger partial charge in [0.25, 0.3) is 0 Å². The van der Waals surface area contributed by atoms with E-state index in [9.17, 15) is 0 Å². The first kappa shape index (κ1) is 13.3. The van der Waals surface area contributed by atoms with Crippen molar-refractivity contribution in [1.82, 2.24) is 9.38 Å². The van der Waals surface area contributed by atoms with Gasteiger partial charge in [-0.05, 0) is 12.0 Å². The number of hydrogen-bond donors (Lipinski definition) is 1. The minimum Gasteiger partial charge on any atom is -0.321 e. The van der Waals surface area contributed by atoms with Crippen molar-refractivity contribution in [2.75, 3.05) is 0 Å². The molecule has 2 N–H and O–H groups in total. The summed E-state index contributed by atoms with van der Waals surface area (Å²) in [6, 6.07) is 10.4. The van der Waals surface area contributed by atoms with Crippen molar-refractivity contribution in [3.63, 3.8) is 0 Å². The zero-order valence-electron chi connectivity index (χ0n) is 11.6. The van der Waals surface area contributed by atoms with Crippen LogP contribution in [-0.2, 0) is 12.0 Å². The Morgan fingerprint density at radius 1 is 1.30 bits per heavy atom. The van der Waals surface area contributed by atoms with Crippen LogP contribution >= 0.6 is 11.3 Å². The molecule has 0 saturated heterocycles. The lowest BCUT2D eigenvalue weighted by Crippen LogP contribution is -2.39. The van der Waals surface area contributed by atoms with Gasteiger partial charge in [-0.1, -0.05) is 43.7 Å². The third-order valence-corrected chi connectivity index (χ3v) is 4.46. The highest BCUT2D eigenvalue weighted by Gasteiger charge is 2.27. The van der Waals surface area contributed by atoms with Crippen LogP contribution in [0.25, 0.3) is 4.96 Å². The van der Waals surface area contributed by atoms with Crippen LogP contribution in [0.5, 0.6) is 0 Å². The molecule has 3 nitrogen and oxygen atoms in total. The predicted octanol–water partition coefficient (Wildman–Crippen LogP) is 3.59. The molecule has 0 saturated carbocycles. The molecule has 1 aromatic carbocycles. The summed E-state index contributed by atoms with van der Waals surface area (Å²) in [6.07, 6.45) is 6.93. The lowest BCUT2D eigenvalue weighted by molar-refractivity contribution is 0.397.